The quantitative estimate of drug-likeness (QED) is 0.818. The molecule has 0 amide bonds. The van der Waals surface area contributed by atoms with Crippen molar-refractivity contribution in [3.8, 4) is 5.75 Å². The van der Waals surface area contributed by atoms with E-state index in [-0.39, 0.29) is 11.3 Å². The summed E-state index contributed by atoms with van der Waals surface area (Å²) in [6.45, 7) is 0. The molecule has 0 saturated heterocycles. The zero-order chi connectivity index (χ0) is 10.6. The van der Waals surface area contributed by atoms with Crippen LogP contribution in [0.3, 0.4) is 0 Å². The first-order chi connectivity index (χ1) is 6.65. The SMILES string of the molecule is O=C(O)c1ccc(C=CCBr)c(O)c1. The summed E-state index contributed by atoms with van der Waals surface area (Å²) < 4.78 is 0. The highest BCUT2D eigenvalue weighted by molar-refractivity contribution is 9.09. The van der Waals surface area contributed by atoms with Crippen LogP contribution in [0.25, 0.3) is 6.08 Å². The minimum atomic E-state index is -1.05. The average Bonchev–Trinajstić information content (AvgIpc) is 2.15. The topological polar surface area (TPSA) is 57.5 Å². The molecule has 0 atom stereocenters. The largest absolute Gasteiger partial charge is 0.507 e. The van der Waals surface area contributed by atoms with E-state index in [1.165, 1.54) is 12.1 Å². The number of phenols is 1. The molecular weight excluding hydrogens is 248 g/mol. The lowest BCUT2D eigenvalue weighted by atomic mass is 10.1. The Morgan fingerprint density at radius 1 is 1.50 bits per heavy atom. The van der Waals surface area contributed by atoms with Gasteiger partial charge in [0.05, 0.1) is 5.56 Å². The number of carboxylic acids is 1. The number of allylic oxidation sites excluding steroid dienone is 1. The van der Waals surface area contributed by atoms with Crippen LogP contribution in [0.4, 0.5) is 0 Å². The molecule has 0 aliphatic heterocycles. The maximum atomic E-state index is 10.5. The summed E-state index contributed by atoms with van der Waals surface area (Å²) >= 11 is 3.21. The van der Waals surface area contributed by atoms with Crippen LogP contribution in [-0.2, 0) is 0 Å². The Kier molecular flexibility index (Phi) is 3.71. The number of hydrogen-bond donors (Lipinski definition) is 2. The molecule has 1 rings (SSSR count). The molecule has 0 aliphatic rings. The lowest BCUT2D eigenvalue weighted by Gasteiger charge is -2.00. The number of benzene rings is 1. The maximum absolute atomic E-state index is 10.5. The number of hydrogen-bond acceptors (Lipinski definition) is 2. The summed E-state index contributed by atoms with van der Waals surface area (Å²) in [5.74, 6) is -1.07. The lowest BCUT2D eigenvalue weighted by Crippen LogP contribution is -1.95. The van der Waals surface area contributed by atoms with E-state index in [0.29, 0.717) is 10.9 Å². The molecule has 0 heterocycles. The van der Waals surface area contributed by atoms with Crippen LogP contribution in [-0.4, -0.2) is 21.5 Å². The Morgan fingerprint density at radius 3 is 2.71 bits per heavy atom. The van der Waals surface area contributed by atoms with Crippen LogP contribution < -0.4 is 0 Å². The Hall–Kier alpha value is -1.29. The second kappa shape index (κ2) is 4.81. The van der Waals surface area contributed by atoms with Crippen molar-refractivity contribution in [3.63, 3.8) is 0 Å². The van der Waals surface area contributed by atoms with Crippen LogP contribution in [0, 0.1) is 0 Å². The van der Waals surface area contributed by atoms with Crippen LogP contribution in [0.5, 0.6) is 5.75 Å². The average molecular weight is 257 g/mol. The van der Waals surface area contributed by atoms with Crippen LogP contribution in [0.15, 0.2) is 24.3 Å². The molecule has 0 unspecified atom stereocenters. The van der Waals surface area contributed by atoms with Crippen molar-refractivity contribution in [2.24, 2.45) is 0 Å². The maximum Gasteiger partial charge on any atom is 0.335 e. The van der Waals surface area contributed by atoms with E-state index in [4.69, 9.17) is 5.11 Å². The molecule has 0 spiro atoms. The van der Waals surface area contributed by atoms with Gasteiger partial charge in [-0.1, -0.05) is 34.1 Å². The fraction of sp³-hybridized carbons (Fsp3) is 0.100. The monoisotopic (exact) mass is 256 g/mol. The minimum absolute atomic E-state index is 0.0258. The first-order valence-corrected chi connectivity index (χ1v) is 5.06. The summed E-state index contributed by atoms with van der Waals surface area (Å²) in [5, 5.41) is 18.8. The van der Waals surface area contributed by atoms with Crippen molar-refractivity contribution in [3.05, 3.63) is 35.4 Å². The third-order valence-corrected chi connectivity index (χ3v) is 2.04. The first kappa shape index (κ1) is 10.8. The van der Waals surface area contributed by atoms with E-state index >= 15 is 0 Å². The highest BCUT2D eigenvalue weighted by Gasteiger charge is 2.05. The number of aromatic carboxylic acids is 1. The van der Waals surface area contributed by atoms with Gasteiger partial charge in [-0.2, -0.15) is 0 Å². The number of rotatable bonds is 3. The number of alkyl halides is 1. The normalized spacial score (nSPS) is 10.6. The summed E-state index contributed by atoms with van der Waals surface area (Å²) in [6.07, 6.45) is 3.53. The van der Waals surface area contributed by atoms with Gasteiger partial charge in [-0.3, -0.25) is 0 Å². The summed E-state index contributed by atoms with van der Waals surface area (Å²) in [4.78, 5) is 10.5. The molecule has 0 aliphatic carbocycles. The van der Waals surface area contributed by atoms with Gasteiger partial charge in [-0.25, -0.2) is 4.79 Å². The number of carbonyl (C=O) groups is 1. The molecule has 2 N–H and O–H groups in total. The highest BCUT2D eigenvalue weighted by Crippen LogP contribution is 2.20. The lowest BCUT2D eigenvalue weighted by molar-refractivity contribution is 0.0696. The van der Waals surface area contributed by atoms with E-state index in [2.05, 4.69) is 15.9 Å². The fourth-order valence-corrected chi connectivity index (χ4v) is 1.18. The van der Waals surface area contributed by atoms with E-state index in [9.17, 15) is 9.90 Å². The first-order valence-electron chi connectivity index (χ1n) is 3.94. The molecule has 4 heteroatoms. The van der Waals surface area contributed by atoms with Gasteiger partial charge in [-0.05, 0) is 12.1 Å². The van der Waals surface area contributed by atoms with E-state index < -0.39 is 5.97 Å². The molecule has 1 aromatic carbocycles. The highest BCUT2D eigenvalue weighted by atomic mass is 79.9. The molecule has 0 radical (unpaired) electrons. The molecule has 1 aromatic rings. The third-order valence-electron chi connectivity index (χ3n) is 1.66. The second-order valence-electron chi connectivity index (χ2n) is 2.64. The number of halogens is 1. The molecule has 74 valence electrons. The van der Waals surface area contributed by atoms with Crippen molar-refractivity contribution < 1.29 is 15.0 Å². The van der Waals surface area contributed by atoms with Gasteiger partial charge in [0.25, 0.3) is 0 Å². The van der Waals surface area contributed by atoms with Crippen molar-refractivity contribution in [2.45, 2.75) is 0 Å². The summed E-state index contributed by atoms with van der Waals surface area (Å²) in [6, 6.07) is 4.25. The Balaban J connectivity index is 3.01. The molecule has 14 heavy (non-hydrogen) atoms. The van der Waals surface area contributed by atoms with Gasteiger partial charge in [0, 0.05) is 10.9 Å². The summed E-state index contributed by atoms with van der Waals surface area (Å²) in [5.41, 5.74) is 0.688. The zero-order valence-electron chi connectivity index (χ0n) is 7.27. The van der Waals surface area contributed by atoms with E-state index in [0.717, 1.165) is 0 Å². The van der Waals surface area contributed by atoms with Gasteiger partial charge in [0.15, 0.2) is 0 Å². The number of aromatic hydroxyl groups is 1. The van der Waals surface area contributed by atoms with Crippen LogP contribution in [0.2, 0.25) is 0 Å². The number of phenolic OH excluding ortho intramolecular Hbond substituents is 1. The van der Waals surface area contributed by atoms with Gasteiger partial charge in [0.1, 0.15) is 5.75 Å². The molecule has 0 bridgehead atoms. The van der Waals surface area contributed by atoms with Crippen molar-refractivity contribution in [1.29, 1.82) is 0 Å². The smallest absolute Gasteiger partial charge is 0.335 e. The standard InChI is InChI=1S/C10H9BrO3/c11-5-1-2-7-3-4-8(10(13)14)6-9(7)12/h1-4,6,12H,5H2,(H,13,14). The third kappa shape index (κ3) is 2.60. The summed E-state index contributed by atoms with van der Waals surface area (Å²) in [7, 11) is 0. The Morgan fingerprint density at radius 2 is 2.21 bits per heavy atom. The van der Waals surface area contributed by atoms with Gasteiger partial charge in [0.2, 0.25) is 0 Å². The fourth-order valence-electron chi connectivity index (χ4n) is 0.989. The van der Waals surface area contributed by atoms with Crippen molar-refractivity contribution in [2.75, 3.05) is 5.33 Å². The number of carboxylic acid groups (broad SMARTS) is 1. The van der Waals surface area contributed by atoms with Crippen molar-refractivity contribution in [1.82, 2.24) is 0 Å². The molecule has 0 fully saturated rings. The molecular formula is C10H9BrO3. The molecule has 0 saturated carbocycles. The van der Waals surface area contributed by atoms with Crippen LogP contribution >= 0.6 is 15.9 Å². The Bertz CT molecular complexity index is 372. The van der Waals surface area contributed by atoms with Crippen molar-refractivity contribution >= 4 is 28.0 Å². The predicted octanol–water partition coefficient (Wildman–Crippen LogP) is 2.50. The van der Waals surface area contributed by atoms with E-state index in [1.54, 1.807) is 12.1 Å². The second-order valence-corrected chi connectivity index (χ2v) is 3.28. The molecule has 3 nitrogen and oxygen atoms in total. The predicted molar refractivity (Wildman–Crippen MR) is 57.9 cm³/mol. The van der Waals surface area contributed by atoms with E-state index in [1.807, 2.05) is 6.08 Å². The van der Waals surface area contributed by atoms with Crippen LogP contribution in [0.1, 0.15) is 15.9 Å². The Labute approximate surface area is 89.8 Å². The zero-order valence-corrected chi connectivity index (χ0v) is 8.86. The minimum Gasteiger partial charge on any atom is -0.507 e. The van der Waals surface area contributed by atoms with Gasteiger partial charge < -0.3 is 10.2 Å². The van der Waals surface area contributed by atoms with Gasteiger partial charge in [-0.15, -0.1) is 0 Å². The van der Waals surface area contributed by atoms with Gasteiger partial charge >= 0.3 is 5.97 Å². The molecule has 0 aromatic heterocycles.